The normalized spacial score (nSPS) is 20.5. The van der Waals surface area contributed by atoms with E-state index in [2.05, 4.69) is 5.32 Å². The Bertz CT molecular complexity index is 1030. The van der Waals surface area contributed by atoms with Crippen LogP contribution < -0.4 is 5.32 Å². The van der Waals surface area contributed by atoms with Crippen molar-refractivity contribution in [2.24, 2.45) is 0 Å². The van der Waals surface area contributed by atoms with Gasteiger partial charge in [-0.3, -0.25) is 24.2 Å². The van der Waals surface area contributed by atoms with Crippen molar-refractivity contribution in [1.82, 2.24) is 15.1 Å². The number of amides is 5. The molecule has 8 heteroatoms. The van der Waals surface area contributed by atoms with E-state index >= 15 is 0 Å². The number of carbonyl (C=O) groups is 4. The highest BCUT2D eigenvalue weighted by Gasteiger charge is 2.50. The number of hydrogen-bond donors (Lipinski definition) is 1. The van der Waals surface area contributed by atoms with Crippen molar-refractivity contribution in [1.29, 1.82) is 0 Å². The van der Waals surface area contributed by atoms with Crippen LogP contribution in [0.3, 0.4) is 0 Å². The van der Waals surface area contributed by atoms with Crippen LogP contribution in [0.25, 0.3) is 0 Å². The number of fused-ring (bicyclic) bond motifs is 1. The van der Waals surface area contributed by atoms with E-state index in [1.807, 2.05) is 6.92 Å². The highest BCUT2D eigenvalue weighted by molar-refractivity contribution is 6.30. The molecule has 160 valence electrons. The van der Waals surface area contributed by atoms with Gasteiger partial charge in [-0.15, -0.1) is 0 Å². The molecule has 4 rings (SSSR count). The van der Waals surface area contributed by atoms with Crippen molar-refractivity contribution < 1.29 is 19.2 Å². The fraction of sp³-hybridized carbons (Fsp3) is 0.304. The first kappa shape index (κ1) is 21.1. The lowest BCUT2D eigenvalue weighted by Crippen LogP contribution is -2.43. The molecule has 2 aliphatic heterocycles. The van der Waals surface area contributed by atoms with Gasteiger partial charge in [-0.25, -0.2) is 4.79 Å². The molecule has 0 aliphatic carbocycles. The standard InChI is InChI=1S/C23H22ClN3O4/c1-2-23(15-9-11-16(24)12-10-15)21(30)27(22(31)25-23)14-6-5-13-26-19(28)17-7-3-4-8-18(17)20(26)29/h3-4,7-12H,2,5-6,13-14H2,1H3,(H,25,31)/t23-/m1/s1. The largest absolute Gasteiger partial charge is 0.325 e. The van der Waals surface area contributed by atoms with Crippen LogP contribution in [0.15, 0.2) is 48.5 Å². The van der Waals surface area contributed by atoms with Crippen molar-refractivity contribution in [2.75, 3.05) is 13.1 Å². The Hall–Kier alpha value is -3.19. The molecule has 7 nitrogen and oxygen atoms in total. The SMILES string of the molecule is CC[C@]1(c2ccc(Cl)cc2)NC(=O)N(CCCCN2C(=O)c3ccccc3C2=O)C1=O. The van der Waals surface area contributed by atoms with Crippen LogP contribution in [0.2, 0.25) is 5.02 Å². The molecule has 0 radical (unpaired) electrons. The van der Waals surface area contributed by atoms with Crippen LogP contribution in [0.4, 0.5) is 4.79 Å². The van der Waals surface area contributed by atoms with Gasteiger partial charge in [0.1, 0.15) is 5.54 Å². The van der Waals surface area contributed by atoms with Gasteiger partial charge in [0, 0.05) is 18.1 Å². The summed E-state index contributed by atoms with van der Waals surface area (Å²) < 4.78 is 0. The minimum absolute atomic E-state index is 0.211. The van der Waals surface area contributed by atoms with Crippen LogP contribution in [0, 0.1) is 0 Å². The predicted molar refractivity (Wildman–Crippen MR) is 115 cm³/mol. The maximum Gasteiger partial charge on any atom is 0.325 e. The Labute approximate surface area is 185 Å². The van der Waals surface area contributed by atoms with E-state index in [0.29, 0.717) is 41.0 Å². The molecule has 1 fully saturated rings. The first-order valence-electron chi connectivity index (χ1n) is 10.2. The zero-order valence-electron chi connectivity index (χ0n) is 17.1. The molecule has 0 saturated carbocycles. The van der Waals surface area contributed by atoms with E-state index in [0.717, 1.165) is 0 Å². The summed E-state index contributed by atoms with van der Waals surface area (Å²) in [5.74, 6) is -0.908. The van der Waals surface area contributed by atoms with Gasteiger partial charge >= 0.3 is 6.03 Å². The Morgan fingerprint density at radius 2 is 1.39 bits per heavy atom. The average molecular weight is 440 g/mol. The highest BCUT2D eigenvalue weighted by atomic mass is 35.5. The number of rotatable bonds is 7. The first-order chi connectivity index (χ1) is 14.9. The van der Waals surface area contributed by atoms with Gasteiger partial charge in [0.05, 0.1) is 11.1 Å². The number of nitrogens with one attached hydrogen (secondary N) is 1. The number of carbonyl (C=O) groups excluding carboxylic acids is 4. The number of urea groups is 1. The van der Waals surface area contributed by atoms with Crippen LogP contribution in [0.5, 0.6) is 0 Å². The molecule has 2 heterocycles. The van der Waals surface area contributed by atoms with Crippen molar-refractivity contribution in [3.05, 3.63) is 70.2 Å². The number of nitrogens with zero attached hydrogens (tertiary/aromatic N) is 2. The van der Waals surface area contributed by atoms with Crippen molar-refractivity contribution in [3.63, 3.8) is 0 Å². The maximum absolute atomic E-state index is 13.1. The molecular weight excluding hydrogens is 418 g/mol. The van der Waals surface area contributed by atoms with Gasteiger partial charge in [0.15, 0.2) is 0 Å². The van der Waals surface area contributed by atoms with Gasteiger partial charge in [-0.05, 0) is 49.1 Å². The van der Waals surface area contributed by atoms with Gasteiger partial charge in [0.25, 0.3) is 17.7 Å². The molecule has 0 spiro atoms. The molecule has 2 aromatic rings. The van der Waals surface area contributed by atoms with Crippen molar-refractivity contribution >= 4 is 35.4 Å². The Kier molecular flexibility index (Phi) is 5.54. The minimum atomic E-state index is -1.11. The molecule has 5 amide bonds. The third-order valence-electron chi connectivity index (χ3n) is 5.93. The molecule has 0 bridgehead atoms. The summed E-state index contributed by atoms with van der Waals surface area (Å²) in [7, 11) is 0. The summed E-state index contributed by atoms with van der Waals surface area (Å²) in [6.45, 7) is 2.30. The van der Waals surface area contributed by atoms with E-state index in [-0.39, 0.29) is 30.8 Å². The summed E-state index contributed by atoms with van der Waals surface area (Å²) in [6.07, 6.45) is 1.38. The summed E-state index contributed by atoms with van der Waals surface area (Å²) in [6, 6.07) is 13.2. The Morgan fingerprint density at radius 3 is 1.94 bits per heavy atom. The summed E-state index contributed by atoms with van der Waals surface area (Å²) in [5.41, 5.74) is 0.408. The number of benzene rings is 2. The smallest absolute Gasteiger partial charge is 0.319 e. The second-order valence-electron chi connectivity index (χ2n) is 7.67. The molecule has 31 heavy (non-hydrogen) atoms. The topological polar surface area (TPSA) is 86.8 Å². The zero-order chi connectivity index (χ0) is 22.2. The zero-order valence-corrected chi connectivity index (χ0v) is 17.8. The Balaban J connectivity index is 1.38. The molecule has 1 saturated heterocycles. The van der Waals surface area contributed by atoms with E-state index < -0.39 is 11.6 Å². The maximum atomic E-state index is 13.1. The van der Waals surface area contributed by atoms with Crippen LogP contribution >= 0.6 is 11.6 Å². The van der Waals surface area contributed by atoms with Gasteiger partial charge in [-0.1, -0.05) is 42.8 Å². The minimum Gasteiger partial charge on any atom is -0.319 e. The molecule has 1 atom stereocenters. The molecular formula is C23H22ClN3O4. The lowest BCUT2D eigenvalue weighted by molar-refractivity contribution is -0.131. The third-order valence-corrected chi connectivity index (χ3v) is 6.19. The molecule has 2 aliphatic rings. The average Bonchev–Trinajstić information content (AvgIpc) is 3.17. The van der Waals surface area contributed by atoms with Crippen molar-refractivity contribution in [3.8, 4) is 0 Å². The van der Waals surface area contributed by atoms with E-state index in [1.54, 1.807) is 48.5 Å². The van der Waals surface area contributed by atoms with Gasteiger partial charge in [-0.2, -0.15) is 0 Å². The highest BCUT2D eigenvalue weighted by Crippen LogP contribution is 2.33. The number of unbranched alkanes of at least 4 members (excludes halogenated alkanes) is 1. The summed E-state index contributed by atoms with van der Waals surface area (Å²) in [5, 5.41) is 3.39. The predicted octanol–water partition coefficient (Wildman–Crippen LogP) is 3.57. The Morgan fingerprint density at radius 1 is 0.839 bits per heavy atom. The van der Waals surface area contributed by atoms with Gasteiger partial charge in [0.2, 0.25) is 0 Å². The quantitative estimate of drug-likeness (QED) is 0.406. The summed E-state index contributed by atoms with van der Waals surface area (Å²) >= 11 is 5.95. The molecule has 0 unspecified atom stereocenters. The third kappa shape index (κ3) is 3.49. The van der Waals surface area contributed by atoms with E-state index in [9.17, 15) is 19.2 Å². The monoisotopic (exact) mass is 439 g/mol. The lowest BCUT2D eigenvalue weighted by atomic mass is 9.87. The fourth-order valence-electron chi connectivity index (χ4n) is 4.19. The second kappa shape index (κ2) is 8.15. The fourth-order valence-corrected chi connectivity index (χ4v) is 4.31. The van der Waals surface area contributed by atoms with Gasteiger partial charge < -0.3 is 5.32 Å². The van der Waals surface area contributed by atoms with E-state index in [4.69, 9.17) is 11.6 Å². The number of imide groups is 2. The second-order valence-corrected chi connectivity index (χ2v) is 8.10. The van der Waals surface area contributed by atoms with Crippen molar-refractivity contribution in [2.45, 2.75) is 31.7 Å². The lowest BCUT2D eigenvalue weighted by Gasteiger charge is -2.26. The van der Waals surface area contributed by atoms with Crippen LogP contribution in [0.1, 0.15) is 52.5 Å². The molecule has 2 aromatic carbocycles. The van der Waals surface area contributed by atoms with E-state index in [1.165, 1.54) is 9.80 Å². The van der Waals surface area contributed by atoms with Crippen LogP contribution in [-0.4, -0.2) is 46.6 Å². The number of hydrogen-bond acceptors (Lipinski definition) is 4. The molecule has 1 N–H and O–H groups in total. The van der Waals surface area contributed by atoms with Crippen LogP contribution in [-0.2, 0) is 10.3 Å². The number of halogens is 1. The first-order valence-corrected chi connectivity index (χ1v) is 10.6. The molecule has 0 aromatic heterocycles. The summed E-state index contributed by atoms with van der Waals surface area (Å²) in [4.78, 5) is 53.0.